The molecular formula is C18H27FIN5O. The third-order valence-corrected chi connectivity index (χ3v) is 4.88. The Hall–Kier alpha value is -1.58. The third-order valence-electron chi connectivity index (χ3n) is 4.88. The summed E-state index contributed by atoms with van der Waals surface area (Å²) in [5.41, 5.74) is 6.93. The molecule has 1 aliphatic heterocycles. The van der Waals surface area contributed by atoms with Gasteiger partial charge in [-0.2, -0.15) is 0 Å². The lowest BCUT2D eigenvalue weighted by molar-refractivity contribution is -0.131. The normalized spacial score (nSPS) is 17.7. The van der Waals surface area contributed by atoms with Crippen molar-refractivity contribution in [3.05, 3.63) is 30.1 Å². The zero-order valence-corrected chi connectivity index (χ0v) is 17.4. The molecule has 1 amide bonds. The Morgan fingerprint density at radius 1 is 1.23 bits per heavy atom. The predicted molar refractivity (Wildman–Crippen MR) is 112 cm³/mol. The van der Waals surface area contributed by atoms with Gasteiger partial charge in [0, 0.05) is 51.4 Å². The van der Waals surface area contributed by atoms with Crippen LogP contribution in [0.25, 0.3) is 0 Å². The van der Waals surface area contributed by atoms with E-state index in [1.807, 2.05) is 16.8 Å². The monoisotopic (exact) mass is 475 g/mol. The SMILES string of the molecule is CN(C(N)=NCCC(=O)N1CCN(c2ccc(F)cc2)CC1)C1CC1.I. The summed E-state index contributed by atoms with van der Waals surface area (Å²) in [6.07, 6.45) is 2.73. The Bertz CT molecular complexity index is 627. The van der Waals surface area contributed by atoms with Crippen LogP contribution in [-0.4, -0.2) is 67.5 Å². The van der Waals surface area contributed by atoms with E-state index in [9.17, 15) is 9.18 Å². The first kappa shape index (κ1) is 20.7. The summed E-state index contributed by atoms with van der Waals surface area (Å²) in [6.45, 7) is 3.30. The van der Waals surface area contributed by atoms with Crippen LogP contribution in [0.3, 0.4) is 0 Å². The maximum absolute atomic E-state index is 13.0. The molecule has 0 aromatic heterocycles. The van der Waals surface area contributed by atoms with Crippen LogP contribution in [-0.2, 0) is 4.79 Å². The topological polar surface area (TPSA) is 65.2 Å². The molecule has 2 fully saturated rings. The Kier molecular flexibility index (Phi) is 7.48. The quantitative estimate of drug-likeness (QED) is 0.402. The van der Waals surface area contributed by atoms with Crippen LogP contribution in [0.5, 0.6) is 0 Å². The highest BCUT2D eigenvalue weighted by molar-refractivity contribution is 14.0. The number of aliphatic imine (C=N–C) groups is 1. The van der Waals surface area contributed by atoms with Crippen LogP contribution in [0.15, 0.2) is 29.3 Å². The number of anilines is 1. The number of piperazine rings is 1. The number of nitrogens with two attached hydrogens (primary N) is 1. The molecule has 0 radical (unpaired) electrons. The fourth-order valence-electron chi connectivity index (χ4n) is 3.05. The van der Waals surface area contributed by atoms with Gasteiger partial charge in [0.25, 0.3) is 0 Å². The molecule has 1 saturated heterocycles. The highest BCUT2D eigenvalue weighted by Crippen LogP contribution is 2.24. The molecule has 2 N–H and O–H groups in total. The summed E-state index contributed by atoms with van der Waals surface area (Å²) in [7, 11) is 1.95. The number of carbonyl (C=O) groups excluding carboxylic acids is 1. The van der Waals surface area contributed by atoms with Crippen molar-refractivity contribution in [3.8, 4) is 0 Å². The summed E-state index contributed by atoms with van der Waals surface area (Å²) in [4.78, 5) is 22.7. The number of nitrogens with zero attached hydrogens (tertiary/aromatic N) is 4. The first-order chi connectivity index (χ1) is 12.0. The largest absolute Gasteiger partial charge is 0.370 e. The number of hydrogen-bond acceptors (Lipinski definition) is 3. The zero-order chi connectivity index (χ0) is 17.8. The second-order valence-corrected chi connectivity index (χ2v) is 6.68. The average Bonchev–Trinajstić information content (AvgIpc) is 3.47. The van der Waals surface area contributed by atoms with Crippen LogP contribution in [0.2, 0.25) is 0 Å². The molecule has 2 aliphatic rings. The summed E-state index contributed by atoms with van der Waals surface area (Å²) in [6, 6.07) is 7.02. The van der Waals surface area contributed by atoms with Crippen molar-refractivity contribution in [2.24, 2.45) is 10.7 Å². The van der Waals surface area contributed by atoms with Gasteiger partial charge in [-0.15, -0.1) is 24.0 Å². The van der Waals surface area contributed by atoms with Gasteiger partial charge in [0.2, 0.25) is 5.91 Å². The first-order valence-corrected chi connectivity index (χ1v) is 8.85. The molecule has 1 aliphatic carbocycles. The van der Waals surface area contributed by atoms with Crippen molar-refractivity contribution >= 4 is 41.5 Å². The van der Waals surface area contributed by atoms with E-state index >= 15 is 0 Å². The number of amides is 1. The zero-order valence-electron chi connectivity index (χ0n) is 15.1. The fourth-order valence-corrected chi connectivity index (χ4v) is 3.05. The van der Waals surface area contributed by atoms with Gasteiger partial charge in [-0.1, -0.05) is 0 Å². The highest BCUT2D eigenvalue weighted by atomic mass is 127. The standard InChI is InChI=1S/C18H26FN5O.HI/c1-22(15-6-7-15)18(20)21-9-8-17(25)24-12-10-23(11-13-24)16-4-2-14(19)3-5-16;/h2-5,15H,6-13H2,1H3,(H2,20,21);1H. The third kappa shape index (κ3) is 5.46. The van der Waals surface area contributed by atoms with E-state index in [1.54, 1.807) is 12.1 Å². The molecule has 0 unspecified atom stereocenters. The van der Waals surface area contributed by atoms with Crippen molar-refractivity contribution in [3.63, 3.8) is 0 Å². The second kappa shape index (κ2) is 9.38. The lowest BCUT2D eigenvalue weighted by Gasteiger charge is -2.36. The van der Waals surface area contributed by atoms with Crippen LogP contribution in [0, 0.1) is 5.82 Å². The lowest BCUT2D eigenvalue weighted by Crippen LogP contribution is -2.49. The molecule has 0 spiro atoms. The van der Waals surface area contributed by atoms with E-state index in [0.29, 0.717) is 38.1 Å². The molecule has 1 heterocycles. The Labute approximate surface area is 171 Å². The summed E-state index contributed by atoms with van der Waals surface area (Å²) < 4.78 is 13.0. The number of halogens is 2. The number of rotatable bonds is 5. The molecule has 1 aromatic carbocycles. The minimum absolute atomic E-state index is 0. The Morgan fingerprint density at radius 3 is 2.42 bits per heavy atom. The number of carbonyl (C=O) groups is 1. The molecule has 8 heteroatoms. The molecule has 26 heavy (non-hydrogen) atoms. The van der Waals surface area contributed by atoms with Gasteiger partial charge in [-0.25, -0.2) is 4.39 Å². The smallest absolute Gasteiger partial charge is 0.224 e. The molecule has 1 saturated carbocycles. The van der Waals surface area contributed by atoms with Gasteiger partial charge in [-0.05, 0) is 37.1 Å². The van der Waals surface area contributed by atoms with Gasteiger partial charge in [0.05, 0.1) is 6.54 Å². The van der Waals surface area contributed by atoms with E-state index in [-0.39, 0.29) is 35.7 Å². The Balaban J connectivity index is 0.00000243. The number of benzene rings is 1. The van der Waals surface area contributed by atoms with Crippen molar-refractivity contribution in [1.82, 2.24) is 9.80 Å². The lowest BCUT2D eigenvalue weighted by atomic mass is 10.2. The van der Waals surface area contributed by atoms with Crippen LogP contribution >= 0.6 is 24.0 Å². The molecule has 1 aromatic rings. The van der Waals surface area contributed by atoms with Gasteiger partial charge >= 0.3 is 0 Å². The minimum atomic E-state index is -0.232. The van der Waals surface area contributed by atoms with E-state index < -0.39 is 0 Å². The average molecular weight is 475 g/mol. The molecular weight excluding hydrogens is 448 g/mol. The summed E-state index contributed by atoms with van der Waals surface area (Å²) >= 11 is 0. The minimum Gasteiger partial charge on any atom is -0.370 e. The second-order valence-electron chi connectivity index (χ2n) is 6.68. The van der Waals surface area contributed by atoms with Crippen molar-refractivity contribution < 1.29 is 9.18 Å². The predicted octanol–water partition coefficient (Wildman–Crippen LogP) is 1.89. The fraction of sp³-hybridized carbons (Fsp3) is 0.556. The van der Waals surface area contributed by atoms with E-state index in [0.717, 1.165) is 18.8 Å². The van der Waals surface area contributed by atoms with E-state index in [4.69, 9.17) is 5.73 Å². The van der Waals surface area contributed by atoms with E-state index in [2.05, 4.69) is 9.89 Å². The van der Waals surface area contributed by atoms with Gasteiger partial charge < -0.3 is 20.4 Å². The molecule has 3 rings (SSSR count). The van der Waals surface area contributed by atoms with Crippen molar-refractivity contribution in [1.29, 1.82) is 0 Å². The van der Waals surface area contributed by atoms with Crippen molar-refractivity contribution in [2.75, 3.05) is 44.7 Å². The van der Waals surface area contributed by atoms with Crippen molar-refractivity contribution in [2.45, 2.75) is 25.3 Å². The maximum atomic E-state index is 13.0. The number of hydrogen-bond donors (Lipinski definition) is 1. The Morgan fingerprint density at radius 2 is 1.85 bits per heavy atom. The number of guanidine groups is 1. The van der Waals surface area contributed by atoms with E-state index in [1.165, 1.54) is 25.0 Å². The van der Waals surface area contributed by atoms with Gasteiger partial charge in [0.15, 0.2) is 5.96 Å². The summed E-state index contributed by atoms with van der Waals surface area (Å²) in [5.74, 6) is 0.408. The van der Waals surface area contributed by atoms with Crippen LogP contribution < -0.4 is 10.6 Å². The van der Waals surface area contributed by atoms with Gasteiger partial charge in [-0.3, -0.25) is 9.79 Å². The molecule has 144 valence electrons. The summed E-state index contributed by atoms with van der Waals surface area (Å²) in [5, 5.41) is 0. The highest BCUT2D eigenvalue weighted by Gasteiger charge is 2.27. The van der Waals surface area contributed by atoms with Crippen LogP contribution in [0.1, 0.15) is 19.3 Å². The van der Waals surface area contributed by atoms with Crippen LogP contribution in [0.4, 0.5) is 10.1 Å². The van der Waals surface area contributed by atoms with Gasteiger partial charge in [0.1, 0.15) is 5.82 Å². The molecule has 0 atom stereocenters. The first-order valence-electron chi connectivity index (χ1n) is 8.85. The maximum Gasteiger partial charge on any atom is 0.224 e. The molecule has 0 bridgehead atoms. The molecule has 6 nitrogen and oxygen atoms in total.